The molecule has 0 aliphatic carbocycles. The lowest BCUT2D eigenvalue weighted by Crippen LogP contribution is -2.17. The number of hydrogen-bond donors (Lipinski definition) is 2. The number of carbonyl (C=O) groups excluding carboxylic acids is 2. The zero-order valence-corrected chi connectivity index (χ0v) is 19.3. The van der Waals surface area contributed by atoms with E-state index in [9.17, 15) is 19.5 Å². The van der Waals surface area contributed by atoms with E-state index in [0.29, 0.717) is 22.0 Å². The molecule has 3 aromatic rings. The van der Waals surface area contributed by atoms with E-state index in [-0.39, 0.29) is 10.8 Å². The lowest BCUT2D eigenvalue weighted by Gasteiger charge is -2.09. The fourth-order valence-corrected chi connectivity index (χ4v) is 4.25. The van der Waals surface area contributed by atoms with Crippen molar-refractivity contribution >= 4 is 46.6 Å². The Morgan fingerprint density at radius 2 is 1.47 bits per heavy atom. The summed E-state index contributed by atoms with van der Waals surface area (Å²) < 4.78 is 5.86. The number of carboxylic acid groups (broad SMARTS) is 1. The maximum atomic E-state index is 11.9. The van der Waals surface area contributed by atoms with Crippen LogP contribution in [0.1, 0.15) is 27.8 Å². The van der Waals surface area contributed by atoms with Gasteiger partial charge in [0.05, 0.1) is 10.5 Å². The van der Waals surface area contributed by atoms with E-state index in [4.69, 9.17) is 4.74 Å². The Labute approximate surface area is 201 Å². The summed E-state index contributed by atoms with van der Waals surface area (Å²) in [5, 5.41) is 11.6. The number of benzene rings is 3. The van der Waals surface area contributed by atoms with Crippen molar-refractivity contribution in [3.63, 3.8) is 0 Å². The van der Waals surface area contributed by atoms with Crippen LogP contribution in [0.15, 0.2) is 71.6 Å². The van der Waals surface area contributed by atoms with Crippen LogP contribution in [0, 0.1) is 13.8 Å². The van der Waals surface area contributed by atoms with Gasteiger partial charge in [0.2, 0.25) is 0 Å². The van der Waals surface area contributed by atoms with Crippen LogP contribution in [-0.2, 0) is 9.59 Å². The van der Waals surface area contributed by atoms with Crippen LogP contribution in [0.3, 0.4) is 0 Å². The number of rotatable bonds is 6. The smallest absolute Gasteiger partial charge is 0.336 e. The monoisotopic (exact) mass is 471 g/mol. The Morgan fingerprint density at radius 3 is 2.00 bits per heavy atom. The van der Waals surface area contributed by atoms with E-state index in [1.54, 1.807) is 60.7 Å². The molecule has 0 radical (unpaired) electrons. The second-order valence-corrected chi connectivity index (χ2v) is 8.85. The van der Waals surface area contributed by atoms with Gasteiger partial charge >= 0.3 is 5.97 Å². The van der Waals surface area contributed by atoms with Crippen LogP contribution in [0.5, 0.6) is 11.5 Å². The zero-order chi connectivity index (χ0) is 24.2. The summed E-state index contributed by atoms with van der Waals surface area (Å²) in [5.41, 5.74) is 4.51. The number of imide groups is 1. The fourth-order valence-electron chi connectivity index (χ4n) is 3.57. The summed E-state index contributed by atoms with van der Waals surface area (Å²) in [6.07, 6.45) is 3.31. The third-order valence-corrected chi connectivity index (χ3v) is 5.82. The predicted molar refractivity (Wildman–Crippen MR) is 133 cm³/mol. The van der Waals surface area contributed by atoms with Crippen molar-refractivity contribution < 1.29 is 24.2 Å². The van der Waals surface area contributed by atoms with Crippen molar-refractivity contribution in [2.75, 3.05) is 0 Å². The van der Waals surface area contributed by atoms with Gasteiger partial charge < -0.3 is 9.84 Å². The summed E-state index contributed by atoms with van der Waals surface area (Å²) in [7, 11) is 0. The van der Waals surface area contributed by atoms with Gasteiger partial charge in [-0.1, -0.05) is 53.6 Å². The normalized spacial score (nSPS) is 14.9. The molecule has 0 atom stereocenters. The van der Waals surface area contributed by atoms with E-state index in [1.165, 1.54) is 0 Å². The van der Waals surface area contributed by atoms with Crippen molar-refractivity contribution in [3.05, 3.63) is 99.5 Å². The first-order valence-electron chi connectivity index (χ1n) is 10.4. The average molecular weight is 472 g/mol. The van der Waals surface area contributed by atoms with Crippen LogP contribution in [-0.4, -0.2) is 22.2 Å². The van der Waals surface area contributed by atoms with Gasteiger partial charge in [0, 0.05) is 0 Å². The number of aliphatic carboxylic acids is 1. The maximum Gasteiger partial charge on any atom is 0.336 e. The molecule has 0 aromatic heterocycles. The van der Waals surface area contributed by atoms with Crippen LogP contribution in [0.4, 0.5) is 4.79 Å². The highest BCUT2D eigenvalue weighted by Gasteiger charge is 2.24. The first-order valence-corrected chi connectivity index (χ1v) is 11.2. The summed E-state index contributed by atoms with van der Waals surface area (Å²) in [6, 6.07) is 19.9. The molecular formula is C27H21NO5S. The van der Waals surface area contributed by atoms with Crippen molar-refractivity contribution in [2.24, 2.45) is 0 Å². The van der Waals surface area contributed by atoms with Crippen LogP contribution in [0.2, 0.25) is 0 Å². The molecule has 0 bridgehead atoms. The van der Waals surface area contributed by atoms with Gasteiger partial charge in [-0.25, -0.2) is 4.79 Å². The largest absolute Gasteiger partial charge is 0.478 e. The zero-order valence-electron chi connectivity index (χ0n) is 18.5. The SMILES string of the molecule is Cc1cc(C)cc(C=C(C(=O)O)c2ccc(Oc3ccc(C=C4SC(=O)NC4=O)cc3)cc2)c1. The van der Waals surface area contributed by atoms with Gasteiger partial charge in [-0.3, -0.25) is 14.9 Å². The van der Waals surface area contributed by atoms with Gasteiger partial charge in [0.15, 0.2) is 0 Å². The Hall–Kier alpha value is -4.10. The second-order valence-electron chi connectivity index (χ2n) is 7.83. The first-order chi connectivity index (χ1) is 16.3. The quantitative estimate of drug-likeness (QED) is 0.336. The second kappa shape index (κ2) is 9.80. The van der Waals surface area contributed by atoms with Crippen molar-refractivity contribution in [1.29, 1.82) is 0 Å². The third kappa shape index (κ3) is 5.63. The standard InChI is InChI=1S/C27H21NO5S/c1-16-11-17(2)13-19(12-16)14-23(26(30)31)20-5-9-22(10-6-20)33-21-7-3-18(4-8-21)15-24-25(29)28-27(32)34-24/h3-15H,1-2H3,(H,30,31)(H,28,29,32). The Morgan fingerprint density at radius 1 is 0.882 bits per heavy atom. The summed E-state index contributed by atoms with van der Waals surface area (Å²) in [6.45, 7) is 3.96. The van der Waals surface area contributed by atoms with Crippen LogP contribution < -0.4 is 10.1 Å². The molecule has 0 saturated carbocycles. The molecule has 4 rings (SSSR count). The highest BCUT2D eigenvalue weighted by atomic mass is 32.2. The highest BCUT2D eigenvalue weighted by Crippen LogP contribution is 2.28. The average Bonchev–Trinajstić information content (AvgIpc) is 3.10. The molecule has 1 saturated heterocycles. The van der Waals surface area contributed by atoms with Gasteiger partial charge in [0.1, 0.15) is 11.5 Å². The minimum atomic E-state index is -1.01. The van der Waals surface area contributed by atoms with Gasteiger partial charge in [-0.2, -0.15) is 0 Å². The molecule has 170 valence electrons. The molecule has 34 heavy (non-hydrogen) atoms. The molecule has 7 heteroatoms. The number of ether oxygens (including phenoxy) is 1. The summed E-state index contributed by atoms with van der Waals surface area (Å²) >= 11 is 0.866. The Balaban J connectivity index is 1.49. The molecule has 1 aliphatic heterocycles. The number of amides is 2. The van der Waals surface area contributed by atoms with Crippen molar-refractivity contribution in [3.8, 4) is 11.5 Å². The summed E-state index contributed by atoms with van der Waals surface area (Å²) in [4.78, 5) is 35.2. The number of carbonyl (C=O) groups is 3. The molecule has 1 heterocycles. The third-order valence-electron chi connectivity index (χ3n) is 5.01. The van der Waals surface area contributed by atoms with Gasteiger partial charge in [-0.15, -0.1) is 0 Å². The lowest BCUT2D eigenvalue weighted by molar-refractivity contribution is -0.130. The minimum absolute atomic E-state index is 0.196. The number of aryl methyl sites for hydroxylation is 2. The Bertz CT molecular complexity index is 1320. The minimum Gasteiger partial charge on any atom is -0.478 e. The summed E-state index contributed by atoms with van der Waals surface area (Å²) in [5.74, 6) is -0.267. The molecule has 2 amide bonds. The molecule has 3 aromatic carbocycles. The fraction of sp³-hybridized carbons (Fsp3) is 0.0741. The number of nitrogens with one attached hydrogen (secondary N) is 1. The molecular weight excluding hydrogens is 450 g/mol. The lowest BCUT2D eigenvalue weighted by atomic mass is 10.0. The molecule has 6 nitrogen and oxygen atoms in total. The van der Waals surface area contributed by atoms with Crippen LogP contribution in [0.25, 0.3) is 17.7 Å². The number of thioether (sulfide) groups is 1. The van der Waals surface area contributed by atoms with E-state index >= 15 is 0 Å². The Kier molecular flexibility index (Phi) is 6.65. The molecule has 0 spiro atoms. The van der Waals surface area contributed by atoms with Crippen molar-refractivity contribution in [1.82, 2.24) is 5.32 Å². The first kappa shape index (κ1) is 23.1. The van der Waals surface area contributed by atoms with Gasteiger partial charge in [-0.05, 0) is 78.7 Å². The predicted octanol–water partition coefficient (Wildman–Crippen LogP) is 6.04. The topological polar surface area (TPSA) is 92.7 Å². The van der Waals surface area contributed by atoms with E-state index in [2.05, 4.69) is 5.32 Å². The maximum absolute atomic E-state index is 11.9. The van der Waals surface area contributed by atoms with E-state index in [1.807, 2.05) is 32.0 Å². The van der Waals surface area contributed by atoms with E-state index in [0.717, 1.165) is 34.0 Å². The highest BCUT2D eigenvalue weighted by molar-refractivity contribution is 8.18. The van der Waals surface area contributed by atoms with Gasteiger partial charge in [0.25, 0.3) is 11.1 Å². The molecule has 2 N–H and O–H groups in total. The number of carboxylic acids is 1. The van der Waals surface area contributed by atoms with E-state index < -0.39 is 11.9 Å². The number of hydrogen-bond acceptors (Lipinski definition) is 5. The molecule has 1 aliphatic rings. The molecule has 1 fully saturated rings. The van der Waals surface area contributed by atoms with Crippen molar-refractivity contribution in [2.45, 2.75) is 13.8 Å². The molecule has 0 unspecified atom stereocenters. The van der Waals surface area contributed by atoms with Crippen LogP contribution >= 0.6 is 11.8 Å².